The number of hydrazine groups is 1. The maximum absolute atomic E-state index is 10.9. The third-order valence-electron chi connectivity index (χ3n) is 1.67. The maximum Gasteiger partial charge on any atom is 0.250 e. The summed E-state index contributed by atoms with van der Waals surface area (Å²) < 4.78 is 0. The first-order valence-electron chi connectivity index (χ1n) is 3.95. The molecule has 0 unspecified atom stereocenters. The number of allylic oxidation sites excluding steroid dienone is 2. The van der Waals surface area contributed by atoms with Crippen LogP contribution in [0.5, 0.6) is 0 Å². The molecule has 0 spiro atoms. The van der Waals surface area contributed by atoms with Crippen molar-refractivity contribution in [1.29, 1.82) is 0 Å². The number of rotatable bonds is 3. The highest BCUT2D eigenvalue weighted by molar-refractivity contribution is 5.96. The van der Waals surface area contributed by atoms with Crippen LogP contribution in [-0.4, -0.2) is 12.2 Å². The Balaban J connectivity index is 2.81. The first-order chi connectivity index (χ1) is 6.25. The van der Waals surface area contributed by atoms with Crippen molar-refractivity contribution in [3.8, 4) is 0 Å². The van der Waals surface area contributed by atoms with Crippen molar-refractivity contribution in [2.45, 2.75) is 12.8 Å². The predicted molar refractivity (Wildman–Crippen MR) is 50.4 cm³/mol. The second-order valence-corrected chi connectivity index (χ2v) is 2.57. The highest BCUT2D eigenvalue weighted by atomic mass is 16.1. The van der Waals surface area contributed by atoms with Gasteiger partial charge in [0.25, 0.3) is 5.91 Å². The first kappa shape index (κ1) is 9.47. The molecule has 0 saturated heterocycles. The molecule has 0 radical (unpaired) electrons. The molecule has 0 fully saturated rings. The number of hydrogen-bond donors (Lipinski definition) is 3. The van der Waals surface area contributed by atoms with E-state index in [-0.39, 0.29) is 0 Å². The van der Waals surface area contributed by atoms with Gasteiger partial charge >= 0.3 is 0 Å². The smallest absolute Gasteiger partial charge is 0.250 e. The summed E-state index contributed by atoms with van der Waals surface area (Å²) in [5, 5.41) is 0. The van der Waals surface area contributed by atoms with Crippen LogP contribution < -0.4 is 17.0 Å². The van der Waals surface area contributed by atoms with E-state index in [4.69, 9.17) is 11.6 Å². The first-order valence-corrected chi connectivity index (χ1v) is 3.95. The highest BCUT2D eigenvalue weighted by Crippen LogP contribution is 2.18. The third kappa shape index (κ3) is 2.41. The topological polar surface area (TPSA) is 93.5 Å². The van der Waals surface area contributed by atoms with E-state index in [2.05, 4.69) is 10.4 Å². The van der Waals surface area contributed by atoms with Crippen LogP contribution in [0.3, 0.4) is 0 Å². The van der Waals surface area contributed by atoms with Crippen LogP contribution in [-0.2, 0) is 4.79 Å². The van der Waals surface area contributed by atoms with E-state index >= 15 is 0 Å². The summed E-state index contributed by atoms with van der Waals surface area (Å²) >= 11 is 0. The number of hydrogen-bond acceptors (Lipinski definition) is 3. The molecule has 0 aliphatic heterocycles. The van der Waals surface area contributed by atoms with Gasteiger partial charge in [0.1, 0.15) is 6.34 Å². The number of nitrogens with zero attached hydrogens (tertiary/aromatic N) is 1. The van der Waals surface area contributed by atoms with Crippen molar-refractivity contribution < 1.29 is 4.79 Å². The maximum atomic E-state index is 10.9. The zero-order chi connectivity index (χ0) is 9.68. The molecule has 0 aromatic heterocycles. The predicted octanol–water partition coefficient (Wildman–Crippen LogP) is -0.433. The van der Waals surface area contributed by atoms with E-state index in [1.54, 1.807) is 6.08 Å². The zero-order valence-electron chi connectivity index (χ0n) is 7.16. The summed E-state index contributed by atoms with van der Waals surface area (Å²) in [6, 6.07) is 0. The van der Waals surface area contributed by atoms with Crippen LogP contribution >= 0.6 is 0 Å². The van der Waals surface area contributed by atoms with Gasteiger partial charge in [0.2, 0.25) is 0 Å². The Kier molecular flexibility index (Phi) is 3.22. The van der Waals surface area contributed by atoms with E-state index in [1.165, 1.54) is 6.34 Å². The molecule has 5 nitrogen and oxygen atoms in total. The molecule has 1 rings (SSSR count). The minimum absolute atomic E-state index is 0.456. The minimum atomic E-state index is -0.458. The Labute approximate surface area is 76.2 Å². The second kappa shape index (κ2) is 4.42. The minimum Gasteiger partial charge on any atom is -0.366 e. The van der Waals surface area contributed by atoms with Crippen molar-refractivity contribution in [1.82, 2.24) is 5.43 Å². The molecule has 1 aliphatic rings. The number of primary amides is 1. The van der Waals surface area contributed by atoms with Crippen molar-refractivity contribution >= 4 is 12.2 Å². The van der Waals surface area contributed by atoms with Crippen molar-refractivity contribution in [2.75, 3.05) is 0 Å². The van der Waals surface area contributed by atoms with Gasteiger partial charge in [-0.05, 0) is 12.8 Å². The standard InChI is InChI=1S/C8H12N4O/c9-8(13)6-3-1-2-4-7(6)11-5-12-10/h3-5H,1-2,10H2,(H2,9,13)(H,11,12). The Bertz CT molecular complexity index is 291. The SMILES string of the molecule is NNC=NC1=CCCC=C1C(N)=O. The van der Waals surface area contributed by atoms with Crippen LogP contribution in [0.2, 0.25) is 0 Å². The molecular weight excluding hydrogens is 168 g/mol. The van der Waals surface area contributed by atoms with Gasteiger partial charge in [0, 0.05) is 0 Å². The zero-order valence-corrected chi connectivity index (χ0v) is 7.16. The van der Waals surface area contributed by atoms with Crippen LogP contribution in [0.15, 0.2) is 28.4 Å². The fourth-order valence-electron chi connectivity index (χ4n) is 1.12. The lowest BCUT2D eigenvalue weighted by Gasteiger charge is -2.08. The van der Waals surface area contributed by atoms with Crippen molar-refractivity contribution in [3.05, 3.63) is 23.4 Å². The Morgan fingerprint density at radius 2 is 2.23 bits per heavy atom. The molecule has 0 bridgehead atoms. The van der Waals surface area contributed by atoms with Gasteiger partial charge in [-0.3, -0.25) is 4.79 Å². The van der Waals surface area contributed by atoms with Gasteiger partial charge in [0.05, 0.1) is 11.3 Å². The van der Waals surface area contributed by atoms with Gasteiger partial charge in [0.15, 0.2) is 0 Å². The average Bonchev–Trinajstić information content (AvgIpc) is 2.15. The molecule has 1 aliphatic carbocycles. The summed E-state index contributed by atoms with van der Waals surface area (Å²) in [5.41, 5.74) is 8.45. The van der Waals surface area contributed by atoms with Gasteiger partial charge in [-0.15, -0.1) is 0 Å². The fourth-order valence-corrected chi connectivity index (χ4v) is 1.12. The normalized spacial score (nSPS) is 16.7. The molecule has 5 N–H and O–H groups in total. The van der Waals surface area contributed by atoms with Crippen molar-refractivity contribution in [2.24, 2.45) is 16.6 Å². The van der Waals surface area contributed by atoms with Gasteiger partial charge in [-0.25, -0.2) is 10.8 Å². The van der Waals surface area contributed by atoms with Gasteiger partial charge in [-0.1, -0.05) is 12.2 Å². The monoisotopic (exact) mass is 180 g/mol. The summed E-state index contributed by atoms with van der Waals surface area (Å²) in [5.74, 6) is 4.55. The summed E-state index contributed by atoms with van der Waals surface area (Å²) in [4.78, 5) is 14.9. The lowest BCUT2D eigenvalue weighted by Crippen LogP contribution is -2.20. The molecule has 0 saturated carbocycles. The van der Waals surface area contributed by atoms with E-state index < -0.39 is 5.91 Å². The Hall–Kier alpha value is -1.62. The number of amides is 1. The molecule has 0 aromatic rings. The number of nitrogens with two attached hydrogens (primary N) is 2. The Morgan fingerprint density at radius 1 is 1.54 bits per heavy atom. The molecular formula is C8H12N4O. The molecule has 0 atom stereocenters. The molecule has 5 heteroatoms. The van der Waals surface area contributed by atoms with E-state index in [0.717, 1.165) is 12.8 Å². The Morgan fingerprint density at radius 3 is 2.85 bits per heavy atom. The third-order valence-corrected chi connectivity index (χ3v) is 1.67. The number of carbonyl (C=O) groups excluding carboxylic acids is 1. The molecule has 0 aromatic carbocycles. The molecule has 0 heterocycles. The van der Waals surface area contributed by atoms with E-state index in [9.17, 15) is 4.79 Å². The van der Waals surface area contributed by atoms with Crippen molar-refractivity contribution in [3.63, 3.8) is 0 Å². The largest absolute Gasteiger partial charge is 0.366 e. The van der Waals surface area contributed by atoms with E-state index in [1.807, 2.05) is 6.08 Å². The lowest BCUT2D eigenvalue weighted by molar-refractivity contribution is -0.114. The molecule has 1 amide bonds. The van der Waals surface area contributed by atoms with Gasteiger partial charge < -0.3 is 11.2 Å². The summed E-state index contributed by atoms with van der Waals surface area (Å²) in [6.45, 7) is 0. The molecule has 70 valence electrons. The quantitative estimate of drug-likeness (QED) is 0.238. The highest BCUT2D eigenvalue weighted by Gasteiger charge is 2.12. The number of nitrogens with one attached hydrogen (secondary N) is 1. The van der Waals surface area contributed by atoms with Crippen LogP contribution in [0.4, 0.5) is 0 Å². The fraction of sp³-hybridized carbons (Fsp3) is 0.250. The number of aliphatic imine (C=N–C) groups is 1. The second-order valence-electron chi connectivity index (χ2n) is 2.57. The summed E-state index contributed by atoms with van der Waals surface area (Å²) in [7, 11) is 0. The molecule has 13 heavy (non-hydrogen) atoms. The lowest BCUT2D eigenvalue weighted by atomic mass is 10.0. The van der Waals surface area contributed by atoms with Crippen LogP contribution in [0, 0.1) is 0 Å². The van der Waals surface area contributed by atoms with Crippen LogP contribution in [0.1, 0.15) is 12.8 Å². The van der Waals surface area contributed by atoms with Crippen LogP contribution in [0.25, 0.3) is 0 Å². The van der Waals surface area contributed by atoms with Gasteiger partial charge in [-0.2, -0.15) is 0 Å². The summed E-state index contributed by atoms with van der Waals surface area (Å²) in [6.07, 6.45) is 6.65. The van der Waals surface area contributed by atoms with E-state index in [0.29, 0.717) is 11.3 Å². The number of carbonyl (C=O) groups is 1. The average molecular weight is 180 g/mol.